The second-order valence-corrected chi connectivity index (χ2v) is 6.12. The maximum atomic E-state index is 11.8. The van der Waals surface area contributed by atoms with E-state index in [1.54, 1.807) is 19.2 Å². The number of fused-ring (bicyclic) bond motifs is 1. The first kappa shape index (κ1) is 18.1. The molecule has 0 fully saturated rings. The van der Waals surface area contributed by atoms with E-state index in [0.29, 0.717) is 42.2 Å². The Kier molecular flexibility index (Phi) is 7.22. The number of amides is 1. The number of hydrogen-bond acceptors (Lipinski definition) is 5. The molecule has 1 N–H and O–H groups in total. The molecular weight excluding hydrogens is 432 g/mol. The molecule has 0 aliphatic carbocycles. The Morgan fingerprint density at radius 1 is 1.26 bits per heavy atom. The number of ether oxygens (including phenoxy) is 3. The van der Waals surface area contributed by atoms with Gasteiger partial charge in [0.15, 0.2) is 5.75 Å². The molecule has 1 heterocycles. The van der Waals surface area contributed by atoms with Crippen molar-refractivity contribution < 1.29 is 19.0 Å². The molecule has 0 unspecified atom stereocenters. The van der Waals surface area contributed by atoms with Crippen molar-refractivity contribution in [2.75, 3.05) is 33.5 Å². The molecule has 1 aromatic heterocycles. The fourth-order valence-corrected chi connectivity index (χ4v) is 2.44. The summed E-state index contributed by atoms with van der Waals surface area (Å²) in [6.45, 7) is 1.76. The number of para-hydroxylation sites is 1. The third-order valence-electron chi connectivity index (χ3n) is 2.87. The molecule has 2 aromatic rings. The van der Waals surface area contributed by atoms with E-state index in [-0.39, 0.29) is 0 Å². The number of aromatic nitrogens is 1. The number of carbonyl (C=O) groups is 1. The van der Waals surface area contributed by atoms with Gasteiger partial charge in [-0.1, -0.05) is 12.1 Å². The lowest BCUT2D eigenvalue weighted by Gasteiger charge is -2.09. The summed E-state index contributed by atoms with van der Waals surface area (Å²) in [5, 5.41) is 3.49. The summed E-state index contributed by atoms with van der Waals surface area (Å²) in [6, 6.07) is 7.31. The number of hydrogen-bond donors (Lipinski definition) is 1. The minimum atomic E-state index is -0.548. The Morgan fingerprint density at radius 2 is 2.09 bits per heavy atom. The van der Waals surface area contributed by atoms with Crippen LogP contribution in [0.3, 0.4) is 0 Å². The van der Waals surface area contributed by atoms with Gasteiger partial charge in [-0.25, -0.2) is 9.78 Å². The van der Waals surface area contributed by atoms with Crippen molar-refractivity contribution >= 4 is 48.9 Å². The van der Waals surface area contributed by atoms with E-state index in [1.165, 1.54) is 0 Å². The van der Waals surface area contributed by atoms with E-state index in [2.05, 4.69) is 42.2 Å². The van der Waals surface area contributed by atoms with Crippen molar-refractivity contribution in [2.24, 2.45) is 0 Å². The Hall–Kier alpha value is -1.22. The van der Waals surface area contributed by atoms with Crippen molar-refractivity contribution in [3.8, 4) is 5.75 Å². The Labute approximate surface area is 150 Å². The third kappa shape index (κ3) is 5.42. The van der Waals surface area contributed by atoms with E-state index < -0.39 is 6.09 Å². The van der Waals surface area contributed by atoms with Gasteiger partial charge in [0, 0.05) is 19.0 Å². The summed E-state index contributed by atoms with van der Waals surface area (Å²) in [7, 11) is 1.61. The molecule has 0 aliphatic heterocycles. The van der Waals surface area contributed by atoms with Crippen molar-refractivity contribution in [2.45, 2.75) is 0 Å². The van der Waals surface area contributed by atoms with Crippen LogP contribution in [0.1, 0.15) is 0 Å². The predicted molar refractivity (Wildman–Crippen MR) is 93.9 cm³/mol. The van der Waals surface area contributed by atoms with Crippen LogP contribution in [0.4, 0.5) is 4.79 Å². The molecular formula is C15H16Br2N2O4. The fourth-order valence-electron chi connectivity index (χ4n) is 1.81. The number of pyridine rings is 1. The zero-order valence-electron chi connectivity index (χ0n) is 12.5. The Balaban J connectivity index is 1.93. The predicted octanol–water partition coefficient (Wildman–Crippen LogP) is 3.51. The average Bonchev–Trinajstić information content (AvgIpc) is 2.52. The molecule has 0 saturated carbocycles. The lowest BCUT2D eigenvalue weighted by atomic mass is 10.2. The highest BCUT2D eigenvalue weighted by atomic mass is 79.9. The molecule has 124 valence electrons. The first-order chi connectivity index (χ1) is 11.1. The summed E-state index contributed by atoms with van der Waals surface area (Å²) < 4.78 is 16.9. The van der Waals surface area contributed by atoms with Crippen LogP contribution in [-0.4, -0.2) is 44.6 Å². The summed E-state index contributed by atoms with van der Waals surface area (Å²) in [5.41, 5.74) is 0.606. The van der Waals surface area contributed by atoms with Gasteiger partial charge in [-0.05, 0) is 44.0 Å². The Bertz CT molecular complexity index is 682. The molecule has 6 nitrogen and oxygen atoms in total. The second-order valence-electron chi connectivity index (χ2n) is 4.51. The first-order valence-corrected chi connectivity index (χ1v) is 8.47. The maximum Gasteiger partial charge on any atom is 0.412 e. The van der Waals surface area contributed by atoms with E-state index in [0.717, 1.165) is 9.86 Å². The van der Waals surface area contributed by atoms with Crippen LogP contribution < -0.4 is 10.1 Å². The molecule has 0 spiro atoms. The first-order valence-electron chi connectivity index (χ1n) is 6.89. The largest absolute Gasteiger partial charge is 0.412 e. The van der Waals surface area contributed by atoms with E-state index in [1.807, 2.05) is 12.1 Å². The van der Waals surface area contributed by atoms with Crippen LogP contribution in [0, 0.1) is 0 Å². The number of nitrogens with one attached hydrogen (secondary N) is 1. The zero-order valence-corrected chi connectivity index (χ0v) is 15.6. The molecule has 0 radical (unpaired) electrons. The molecule has 8 heteroatoms. The van der Waals surface area contributed by atoms with Gasteiger partial charge in [0.1, 0.15) is 10.1 Å². The summed E-state index contributed by atoms with van der Waals surface area (Å²) in [6.07, 6.45) is -0.548. The average molecular weight is 448 g/mol. The van der Waals surface area contributed by atoms with Crippen molar-refractivity contribution in [1.82, 2.24) is 10.3 Å². The van der Waals surface area contributed by atoms with Gasteiger partial charge in [-0.15, -0.1) is 0 Å². The third-order valence-corrected chi connectivity index (χ3v) is 4.61. The van der Waals surface area contributed by atoms with Crippen LogP contribution in [0.2, 0.25) is 0 Å². The molecule has 1 aromatic carbocycles. The lowest BCUT2D eigenvalue weighted by Crippen LogP contribution is -2.30. The second kappa shape index (κ2) is 9.17. The fraction of sp³-hybridized carbons (Fsp3) is 0.333. The van der Waals surface area contributed by atoms with E-state index >= 15 is 0 Å². The highest BCUT2D eigenvalue weighted by Gasteiger charge is 2.10. The molecule has 2 rings (SSSR count). The molecule has 0 saturated heterocycles. The monoisotopic (exact) mass is 446 g/mol. The quantitative estimate of drug-likeness (QED) is 0.519. The molecule has 0 atom stereocenters. The minimum absolute atomic E-state index is 0.357. The SMILES string of the molecule is COCCOCCNC(=O)Oc1cccc2cc(Br)c(Br)nc12. The van der Waals surface area contributed by atoms with Crippen molar-refractivity contribution in [1.29, 1.82) is 0 Å². The van der Waals surface area contributed by atoms with Crippen LogP contribution in [0.5, 0.6) is 5.75 Å². The van der Waals surface area contributed by atoms with E-state index in [9.17, 15) is 4.79 Å². The molecule has 0 aliphatic rings. The number of carbonyl (C=O) groups excluding carboxylic acids is 1. The van der Waals surface area contributed by atoms with Gasteiger partial charge < -0.3 is 19.5 Å². The van der Waals surface area contributed by atoms with Gasteiger partial charge in [0.2, 0.25) is 0 Å². The van der Waals surface area contributed by atoms with Gasteiger partial charge in [-0.2, -0.15) is 0 Å². The van der Waals surface area contributed by atoms with E-state index in [4.69, 9.17) is 14.2 Å². The molecule has 1 amide bonds. The highest BCUT2D eigenvalue weighted by molar-refractivity contribution is 9.13. The number of nitrogens with zero attached hydrogens (tertiary/aromatic N) is 1. The van der Waals surface area contributed by atoms with Gasteiger partial charge >= 0.3 is 6.09 Å². The highest BCUT2D eigenvalue weighted by Crippen LogP contribution is 2.30. The van der Waals surface area contributed by atoms with Crippen LogP contribution in [0.15, 0.2) is 33.3 Å². The number of benzene rings is 1. The van der Waals surface area contributed by atoms with Crippen LogP contribution >= 0.6 is 31.9 Å². The number of rotatable bonds is 7. The summed E-state index contributed by atoms with van der Waals surface area (Å²) in [5.74, 6) is 0.397. The van der Waals surface area contributed by atoms with Crippen LogP contribution in [0.25, 0.3) is 10.9 Å². The number of halogens is 2. The molecule has 0 bridgehead atoms. The Morgan fingerprint density at radius 3 is 2.87 bits per heavy atom. The summed E-state index contributed by atoms with van der Waals surface area (Å²) >= 11 is 6.75. The summed E-state index contributed by atoms with van der Waals surface area (Å²) in [4.78, 5) is 16.2. The smallest absolute Gasteiger partial charge is 0.408 e. The van der Waals surface area contributed by atoms with Gasteiger partial charge in [0.05, 0.1) is 24.3 Å². The van der Waals surface area contributed by atoms with Gasteiger partial charge in [-0.3, -0.25) is 0 Å². The maximum absolute atomic E-state index is 11.8. The minimum Gasteiger partial charge on any atom is -0.408 e. The van der Waals surface area contributed by atoms with Crippen LogP contribution in [-0.2, 0) is 9.47 Å². The van der Waals surface area contributed by atoms with Crippen molar-refractivity contribution in [3.05, 3.63) is 33.3 Å². The molecule has 23 heavy (non-hydrogen) atoms. The normalized spacial score (nSPS) is 10.7. The topological polar surface area (TPSA) is 69.7 Å². The van der Waals surface area contributed by atoms with Crippen molar-refractivity contribution in [3.63, 3.8) is 0 Å². The zero-order chi connectivity index (χ0) is 16.7. The van der Waals surface area contributed by atoms with Gasteiger partial charge in [0.25, 0.3) is 0 Å². The standard InChI is InChI=1S/C15H16Br2N2O4/c1-21-7-8-22-6-5-18-15(20)23-12-4-2-3-10-9-11(16)14(17)19-13(10)12/h2-4,9H,5-8H2,1H3,(H,18,20). The lowest BCUT2D eigenvalue weighted by molar-refractivity contribution is 0.0720. The number of methoxy groups -OCH3 is 1.